The van der Waals surface area contributed by atoms with E-state index in [1.165, 1.54) is 5.56 Å². The van der Waals surface area contributed by atoms with E-state index in [0.29, 0.717) is 6.54 Å². The zero-order valence-electron chi connectivity index (χ0n) is 20.8. The molecule has 1 saturated heterocycles. The van der Waals surface area contributed by atoms with Gasteiger partial charge in [0.25, 0.3) is 0 Å². The quantitative estimate of drug-likeness (QED) is 0.394. The molecule has 2 aromatic carbocycles. The van der Waals surface area contributed by atoms with Crippen molar-refractivity contribution in [3.05, 3.63) is 60.2 Å². The summed E-state index contributed by atoms with van der Waals surface area (Å²) >= 11 is 0. The Morgan fingerprint density at radius 2 is 1.68 bits per heavy atom. The number of hydrogen-bond acceptors (Lipinski definition) is 5. The first-order valence-corrected chi connectivity index (χ1v) is 12.0. The van der Waals surface area contributed by atoms with Crippen molar-refractivity contribution >= 4 is 30.5 Å². The van der Waals surface area contributed by atoms with E-state index in [1.807, 2.05) is 12.1 Å². The number of benzene rings is 2. The van der Waals surface area contributed by atoms with Gasteiger partial charge in [-0.2, -0.15) is 0 Å². The van der Waals surface area contributed by atoms with Crippen LogP contribution in [0.3, 0.4) is 0 Å². The largest absolute Gasteiger partial charge is 0.494 e. The van der Waals surface area contributed by atoms with Gasteiger partial charge in [-0.3, -0.25) is 0 Å². The molecule has 1 unspecified atom stereocenters. The minimum Gasteiger partial charge on any atom is -0.494 e. The Balaban J connectivity index is 0.00000289. The van der Waals surface area contributed by atoms with Crippen LogP contribution < -0.4 is 9.64 Å². The lowest BCUT2D eigenvalue weighted by Gasteiger charge is -2.43. The zero-order chi connectivity index (χ0) is 22.8. The molecule has 1 aliphatic heterocycles. The van der Waals surface area contributed by atoms with Crippen molar-refractivity contribution in [2.75, 3.05) is 51.8 Å². The molecule has 0 aliphatic carbocycles. The summed E-state index contributed by atoms with van der Waals surface area (Å²) in [7, 11) is 3.76. The lowest BCUT2D eigenvalue weighted by atomic mass is 9.85. The molecule has 1 aliphatic rings. The Morgan fingerprint density at radius 3 is 2.26 bits per heavy atom. The molecule has 7 heteroatoms. The van der Waals surface area contributed by atoms with Crippen molar-refractivity contribution in [3.63, 3.8) is 0 Å². The highest BCUT2D eigenvalue weighted by Crippen LogP contribution is 2.29. The first-order chi connectivity index (χ1) is 15.5. The van der Waals surface area contributed by atoms with E-state index in [2.05, 4.69) is 66.2 Å². The van der Waals surface area contributed by atoms with Crippen LogP contribution in [-0.4, -0.2) is 68.7 Å². The third kappa shape index (κ3) is 8.94. The number of hydrogen-bond donors (Lipinski definition) is 1. The van der Waals surface area contributed by atoms with Crippen LogP contribution in [0.2, 0.25) is 0 Å². The number of ether oxygens (including phenoxy) is 2. The fourth-order valence-electron chi connectivity index (χ4n) is 4.37. The predicted octanol–water partition coefficient (Wildman–Crippen LogP) is 5.23. The van der Waals surface area contributed by atoms with Crippen LogP contribution in [0.4, 0.5) is 5.69 Å². The molecule has 0 radical (unpaired) electrons. The van der Waals surface area contributed by atoms with Crippen LogP contribution in [0.1, 0.15) is 38.2 Å². The lowest BCUT2D eigenvalue weighted by molar-refractivity contribution is -0.118. The van der Waals surface area contributed by atoms with E-state index in [9.17, 15) is 5.11 Å². The summed E-state index contributed by atoms with van der Waals surface area (Å²) < 4.78 is 11.6. The minimum absolute atomic E-state index is 0. The Kier molecular flexibility index (Phi) is 13.9. The van der Waals surface area contributed by atoms with Gasteiger partial charge in [0.15, 0.2) is 0 Å². The van der Waals surface area contributed by atoms with Gasteiger partial charge in [-0.25, -0.2) is 0 Å². The number of rotatable bonds is 12. The van der Waals surface area contributed by atoms with Crippen LogP contribution in [0, 0.1) is 0 Å². The summed E-state index contributed by atoms with van der Waals surface area (Å²) in [5.74, 6) is 0.903. The standard InChI is InChI=1S/C27H40N2O3.2ClH/c1-4-5-21-32-25-13-11-24(12-14-25)28(2)22-26(31-3)27(30)16-19-29(20-17-27)18-15-23-9-7-6-8-10-23;;/h6-14,26,30H,4-5,15-22H2,1-3H3;2*1H. The molecule has 2 aromatic rings. The average molecular weight is 514 g/mol. The molecule has 0 spiro atoms. The minimum atomic E-state index is -0.796. The molecule has 34 heavy (non-hydrogen) atoms. The average Bonchev–Trinajstić information content (AvgIpc) is 2.83. The number of halogens is 2. The molecule has 0 amide bonds. The molecular weight excluding hydrogens is 471 g/mol. The number of unbranched alkanes of at least 4 members (excludes halogenated alkanes) is 1. The predicted molar refractivity (Wildman–Crippen MR) is 146 cm³/mol. The van der Waals surface area contributed by atoms with Gasteiger partial charge in [-0.1, -0.05) is 43.7 Å². The maximum Gasteiger partial charge on any atom is 0.119 e. The van der Waals surface area contributed by atoms with Gasteiger partial charge in [-0.05, 0) is 55.5 Å². The molecular formula is C27H42Cl2N2O3. The summed E-state index contributed by atoms with van der Waals surface area (Å²) in [5, 5.41) is 11.4. The number of piperidine rings is 1. The molecule has 3 rings (SSSR count). The fraction of sp³-hybridized carbons (Fsp3) is 0.556. The highest BCUT2D eigenvalue weighted by Gasteiger charge is 2.40. The summed E-state index contributed by atoms with van der Waals surface area (Å²) in [4.78, 5) is 4.61. The second kappa shape index (κ2) is 15.5. The smallest absolute Gasteiger partial charge is 0.119 e. The van der Waals surface area contributed by atoms with Crippen LogP contribution in [-0.2, 0) is 11.2 Å². The van der Waals surface area contributed by atoms with Gasteiger partial charge >= 0.3 is 0 Å². The third-order valence-electron chi connectivity index (χ3n) is 6.65. The van der Waals surface area contributed by atoms with E-state index in [1.54, 1.807) is 7.11 Å². The van der Waals surface area contributed by atoms with Crippen molar-refractivity contribution in [1.82, 2.24) is 4.90 Å². The first kappa shape index (κ1) is 30.5. The van der Waals surface area contributed by atoms with Gasteiger partial charge in [0.1, 0.15) is 11.9 Å². The summed E-state index contributed by atoms with van der Waals surface area (Å²) in [6, 6.07) is 18.8. The number of likely N-dealkylation sites (N-methyl/N-ethyl adjacent to an activating group) is 1. The van der Waals surface area contributed by atoms with Gasteiger partial charge in [-0.15, -0.1) is 24.8 Å². The normalized spacial score (nSPS) is 16.1. The second-order valence-corrected chi connectivity index (χ2v) is 8.98. The van der Waals surface area contributed by atoms with E-state index in [4.69, 9.17) is 9.47 Å². The zero-order valence-corrected chi connectivity index (χ0v) is 22.5. The van der Waals surface area contributed by atoms with Gasteiger partial charge in [0.05, 0.1) is 12.2 Å². The van der Waals surface area contributed by atoms with Crippen LogP contribution in [0.25, 0.3) is 0 Å². The monoisotopic (exact) mass is 512 g/mol. The molecule has 1 heterocycles. The Hall–Kier alpha value is -1.50. The lowest BCUT2D eigenvalue weighted by Crippen LogP contribution is -2.55. The van der Waals surface area contributed by atoms with Crippen LogP contribution >= 0.6 is 24.8 Å². The van der Waals surface area contributed by atoms with Crippen LogP contribution in [0.5, 0.6) is 5.75 Å². The second-order valence-electron chi connectivity index (χ2n) is 8.98. The molecule has 192 valence electrons. The van der Waals surface area contributed by atoms with Gasteiger partial charge < -0.3 is 24.4 Å². The van der Waals surface area contributed by atoms with Crippen molar-refractivity contribution in [2.24, 2.45) is 0 Å². The maximum atomic E-state index is 11.4. The molecule has 1 N–H and O–H groups in total. The van der Waals surface area contributed by atoms with E-state index in [0.717, 1.165) is 69.8 Å². The molecule has 5 nitrogen and oxygen atoms in total. The number of nitrogens with zero attached hydrogens (tertiary/aromatic N) is 2. The third-order valence-corrected chi connectivity index (χ3v) is 6.65. The fourth-order valence-corrected chi connectivity index (χ4v) is 4.37. The Labute approximate surface area is 218 Å². The van der Waals surface area contributed by atoms with Crippen molar-refractivity contribution in [1.29, 1.82) is 0 Å². The van der Waals surface area contributed by atoms with Crippen molar-refractivity contribution < 1.29 is 14.6 Å². The van der Waals surface area contributed by atoms with Crippen LogP contribution in [0.15, 0.2) is 54.6 Å². The number of aliphatic hydroxyl groups is 1. The van der Waals surface area contributed by atoms with Gasteiger partial charge in [0, 0.05) is 46.0 Å². The SMILES string of the molecule is CCCCOc1ccc(N(C)CC(OC)C2(O)CCN(CCc3ccccc3)CC2)cc1.Cl.Cl. The summed E-state index contributed by atoms with van der Waals surface area (Å²) in [5.41, 5.74) is 1.67. The number of methoxy groups -OCH3 is 1. The Bertz CT molecular complexity index is 784. The van der Waals surface area contributed by atoms with Gasteiger partial charge in [0.2, 0.25) is 0 Å². The summed E-state index contributed by atoms with van der Waals surface area (Å²) in [6.45, 7) is 6.40. The molecule has 1 atom stereocenters. The summed E-state index contributed by atoms with van der Waals surface area (Å²) in [6.07, 6.45) is 4.49. The Morgan fingerprint density at radius 1 is 1.03 bits per heavy atom. The highest BCUT2D eigenvalue weighted by molar-refractivity contribution is 5.85. The molecule has 0 saturated carbocycles. The van der Waals surface area contributed by atoms with Crippen molar-refractivity contribution in [2.45, 2.75) is 50.7 Å². The molecule has 1 fully saturated rings. The van der Waals surface area contributed by atoms with E-state index >= 15 is 0 Å². The first-order valence-electron chi connectivity index (χ1n) is 12.0. The number of anilines is 1. The van der Waals surface area contributed by atoms with E-state index < -0.39 is 5.60 Å². The van der Waals surface area contributed by atoms with Crippen molar-refractivity contribution in [3.8, 4) is 5.75 Å². The van der Waals surface area contributed by atoms with E-state index in [-0.39, 0.29) is 30.9 Å². The molecule has 0 aromatic heterocycles. The maximum absolute atomic E-state index is 11.4. The molecule has 0 bridgehead atoms. The highest BCUT2D eigenvalue weighted by atomic mass is 35.5. The topological polar surface area (TPSA) is 45.2 Å². The number of likely N-dealkylation sites (tertiary alicyclic amines) is 1.